The maximum atomic E-state index is 5.79. The van der Waals surface area contributed by atoms with Gasteiger partial charge in [0.15, 0.2) is 0 Å². The van der Waals surface area contributed by atoms with Gasteiger partial charge in [0.05, 0.1) is 0 Å². The molecule has 0 spiro atoms. The molecule has 0 saturated heterocycles. The molecule has 1 aromatic carbocycles. The van der Waals surface area contributed by atoms with E-state index in [1.165, 1.54) is 16.8 Å². The minimum atomic E-state index is 0.510. The first-order chi connectivity index (χ1) is 6.77. The molecule has 2 rings (SSSR count). The number of anilines is 1. The average molecular weight is 190 g/mol. The van der Waals surface area contributed by atoms with Gasteiger partial charge in [-0.05, 0) is 37.5 Å². The normalized spacial score (nSPS) is 19.9. The van der Waals surface area contributed by atoms with E-state index in [4.69, 9.17) is 5.73 Å². The Morgan fingerprint density at radius 2 is 2.29 bits per heavy atom. The molecule has 2 N–H and O–H groups in total. The number of benzene rings is 1. The number of fused-ring (bicyclic) bond motifs is 1. The molecule has 0 radical (unpaired) electrons. The summed E-state index contributed by atoms with van der Waals surface area (Å²) in [5.41, 5.74) is 10.1. The minimum Gasteiger partial charge on any atom is -0.367 e. The van der Waals surface area contributed by atoms with E-state index in [1.807, 2.05) is 0 Å². The van der Waals surface area contributed by atoms with E-state index in [0.29, 0.717) is 6.04 Å². The Kier molecular flexibility index (Phi) is 2.46. The van der Waals surface area contributed by atoms with Gasteiger partial charge in [-0.2, -0.15) is 0 Å². The monoisotopic (exact) mass is 190 g/mol. The summed E-state index contributed by atoms with van der Waals surface area (Å²) in [7, 11) is 0. The predicted octanol–water partition coefficient (Wildman–Crippen LogP) is 1.70. The smallest absolute Gasteiger partial charge is 0.0453 e. The van der Waals surface area contributed by atoms with Crippen LogP contribution in [-0.2, 0) is 6.42 Å². The van der Waals surface area contributed by atoms with Gasteiger partial charge in [0, 0.05) is 24.8 Å². The number of aryl methyl sites for hydroxylation is 1. The quantitative estimate of drug-likeness (QED) is 0.769. The lowest BCUT2D eigenvalue weighted by atomic mass is 10.0. The largest absolute Gasteiger partial charge is 0.367 e. The van der Waals surface area contributed by atoms with Crippen molar-refractivity contribution in [2.75, 3.05) is 18.0 Å². The summed E-state index contributed by atoms with van der Waals surface area (Å²) in [5.74, 6) is 0. The fourth-order valence-corrected chi connectivity index (χ4v) is 2.40. The highest BCUT2D eigenvalue weighted by Crippen LogP contribution is 2.33. The number of rotatable bonds is 2. The third kappa shape index (κ3) is 1.30. The molecule has 2 nitrogen and oxygen atoms in total. The summed E-state index contributed by atoms with van der Waals surface area (Å²) in [6, 6.07) is 7.04. The van der Waals surface area contributed by atoms with E-state index in [9.17, 15) is 0 Å². The topological polar surface area (TPSA) is 29.3 Å². The van der Waals surface area contributed by atoms with E-state index >= 15 is 0 Å². The fraction of sp³-hybridized carbons (Fsp3) is 0.500. The summed E-state index contributed by atoms with van der Waals surface area (Å²) in [5, 5.41) is 0. The van der Waals surface area contributed by atoms with E-state index in [0.717, 1.165) is 19.5 Å². The van der Waals surface area contributed by atoms with Crippen molar-refractivity contribution >= 4 is 5.69 Å². The van der Waals surface area contributed by atoms with Crippen molar-refractivity contribution in [2.24, 2.45) is 5.73 Å². The lowest BCUT2D eigenvalue weighted by Crippen LogP contribution is -2.37. The third-order valence-electron chi connectivity index (χ3n) is 3.19. The van der Waals surface area contributed by atoms with Crippen LogP contribution >= 0.6 is 0 Å². The van der Waals surface area contributed by atoms with Crippen LogP contribution in [-0.4, -0.2) is 19.1 Å². The Hall–Kier alpha value is -1.02. The van der Waals surface area contributed by atoms with E-state index < -0.39 is 0 Å². The summed E-state index contributed by atoms with van der Waals surface area (Å²) in [6.07, 6.45) is 1.12. The summed E-state index contributed by atoms with van der Waals surface area (Å²) < 4.78 is 0. The molecule has 0 aromatic heterocycles. The SMILES string of the molecule is CCN1c2cccc(C)c2CC1CN. The van der Waals surface area contributed by atoms with Gasteiger partial charge < -0.3 is 10.6 Å². The summed E-state index contributed by atoms with van der Waals surface area (Å²) in [6.45, 7) is 6.19. The molecular formula is C12H18N2. The standard InChI is InChI=1S/C12H18N2/c1-3-14-10(8-13)7-11-9(2)5-4-6-12(11)14/h4-6,10H,3,7-8,13H2,1-2H3. The van der Waals surface area contributed by atoms with Crippen molar-refractivity contribution < 1.29 is 0 Å². The second kappa shape index (κ2) is 3.62. The number of likely N-dealkylation sites (N-methyl/N-ethyl adjacent to an activating group) is 1. The van der Waals surface area contributed by atoms with E-state index in [-0.39, 0.29) is 0 Å². The molecule has 2 heteroatoms. The van der Waals surface area contributed by atoms with Gasteiger partial charge in [-0.3, -0.25) is 0 Å². The second-order valence-electron chi connectivity index (χ2n) is 3.95. The highest BCUT2D eigenvalue weighted by Gasteiger charge is 2.27. The fourth-order valence-electron chi connectivity index (χ4n) is 2.40. The Labute approximate surface area is 85.7 Å². The van der Waals surface area contributed by atoms with Crippen molar-refractivity contribution in [3.05, 3.63) is 29.3 Å². The van der Waals surface area contributed by atoms with Crippen LogP contribution in [0, 0.1) is 6.92 Å². The molecule has 1 aromatic rings. The predicted molar refractivity (Wildman–Crippen MR) is 60.7 cm³/mol. The van der Waals surface area contributed by atoms with Gasteiger partial charge in [0.1, 0.15) is 0 Å². The maximum absolute atomic E-state index is 5.79. The first-order valence-electron chi connectivity index (χ1n) is 5.33. The molecule has 0 saturated carbocycles. The first-order valence-corrected chi connectivity index (χ1v) is 5.33. The van der Waals surface area contributed by atoms with Gasteiger partial charge in [0.2, 0.25) is 0 Å². The highest BCUT2D eigenvalue weighted by molar-refractivity contribution is 5.62. The molecule has 0 bridgehead atoms. The molecule has 14 heavy (non-hydrogen) atoms. The third-order valence-corrected chi connectivity index (χ3v) is 3.19. The van der Waals surface area contributed by atoms with Crippen molar-refractivity contribution in [1.82, 2.24) is 0 Å². The number of nitrogens with two attached hydrogens (primary N) is 1. The van der Waals surface area contributed by atoms with Crippen LogP contribution in [0.1, 0.15) is 18.1 Å². The highest BCUT2D eigenvalue weighted by atomic mass is 15.2. The van der Waals surface area contributed by atoms with Gasteiger partial charge in [0.25, 0.3) is 0 Å². The molecule has 0 aliphatic carbocycles. The van der Waals surface area contributed by atoms with Crippen LogP contribution in [0.3, 0.4) is 0 Å². The van der Waals surface area contributed by atoms with Crippen molar-refractivity contribution in [3.8, 4) is 0 Å². The lowest BCUT2D eigenvalue weighted by Gasteiger charge is -2.24. The van der Waals surface area contributed by atoms with Crippen LogP contribution < -0.4 is 10.6 Å². The zero-order valence-electron chi connectivity index (χ0n) is 8.96. The molecular weight excluding hydrogens is 172 g/mol. The van der Waals surface area contributed by atoms with Crippen LogP contribution in [0.25, 0.3) is 0 Å². The van der Waals surface area contributed by atoms with E-state index in [2.05, 4.69) is 36.9 Å². The average Bonchev–Trinajstić information content (AvgIpc) is 2.57. The number of hydrogen-bond acceptors (Lipinski definition) is 2. The van der Waals surface area contributed by atoms with Crippen LogP contribution in [0.15, 0.2) is 18.2 Å². The van der Waals surface area contributed by atoms with Gasteiger partial charge >= 0.3 is 0 Å². The molecule has 1 aliphatic rings. The molecule has 1 unspecified atom stereocenters. The molecule has 0 amide bonds. The van der Waals surface area contributed by atoms with Gasteiger partial charge in [-0.25, -0.2) is 0 Å². The second-order valence-corrected chi connectivity index (χ2v) is 3.95. The molecule has 1 aliphatic heterocycles. The molecule has 1 atom stereocenters. The van der Waals surface area contributed by atoms with Crippen molar-refractivity contribution in [2.45, 2.75) is 26.3 Å². The Bertz CT molecular complexity index is 333. The van der Waals surface area contributed by atoms with Gasteiger partial charge in [-0.1, -0.05) is 12.1 Å². The Balaban J connectivity index is 2.42. The van der Waals surface area contributed by atoms with Gasteiger partial charge in [-0.15, -0.1) is 0 Å². The van der Waals surface area contributed by atoms with Crippen LogP contribution in [0.4, 0.5) is 5.69 Å². The zero-order valence-corrected chi connectivity index (χ0v) is 8.96. The zero-order chi connectivity index (χ0) is 10.1. The lowest BCUT2D eigenvalue weighted by molar-refractivity contribution is 0.643. The minimum absolute atomic E-state index is 0.510. The molecule has 1 heterocycles. The summed E-state index contributed by atoms with van der Waals surface area (Å²) >= 11 is 0. The molecule has 76 valence electrons. The summed E-state index contributed by atoms with van der Waals surface area (Å²) in [4.78, 5) is 2.42. The molecule has 0 fully saturated rings. The van der Waals surface area contributed by atoms with E-state index in [1.54, 1.807) is 0 Å². The number of hydrogen-bond donors (Lipinski definition) is 1. The van der Waals surface area contributed by atoms with Crippen LogP contribution in [0.5, 0.6) is 0 Å². The Morgan fingerprint density at radius 1 is 1.50 bits per heavy atom. The van der Waals surface area contributed by atoms with Crippen molar-refractivity contribution in [3.63, 3.8) is 0 Å². The first kappa shape index (κ1) is 9.53. The van der Waals surface area contributed by atoms with Crippen molar-refractivity contribution in [1.29, 1.82) is 0 Å². The number of nitrogens with zero attached hydrogens (tertiary/aromatic N) is 1. The maximum Gasteiger partial charge on any atom is 0.0453 e. The van der Waals surface area contributed by atoms with Crippen LogP contribution in [0.2, 0.25) is 0 Å². The Morgan fingerprint density at radius 3 is 2.93 bits per heavy atom.